The molecule has 0 saturated carbocycles. The Morgan fingerprint density at radius 1 is 1.04 bits per heavy atom. The van der Waals surface area contributed by atoms with Crippen molar-refractivity contribution in [3.8, 4) is 5.75 Å². The van der Waals surface area contributed by atoms with Crippen molar-refractivity contribution < 1.29 is 9.53 Å². The summed E-state index contributed by atoms with van der Waals surface area (Å²) in [4.78, 5) is 22.7. The van der Waals surface area contributed by atoms with Gasteiger partial charge in [0.15, 0.2) is 0 Å². The maximum atomic E-state index is 12.5. The van der Waals surface area contributed by atoms with Crippen LogP contribution in [0.3, 0.4) is 0 Å². The molecule has 0 bridgehead atoms. The van der Waals surface area contributed by atoms with E-state index in [1.54, 1.807) is 18.1 Å². The van der Waals surface area contributed by atoms with Gasteiger partial charge < -0.3 is 15.0 Å². The largest absolute Gasteiger partial charge is 0.492 e. The molecule has 6 nitrogen and oxygen atoms in total. The summed E-state index contributed by atoms with van der Waals surface area (Å²) in [7, 11) is 1.75. The van der Waals surface area contributed by atoms with Crippen LogP contribution < -0.4 is 10.1 Å². The van der Waals surface area contributed by atoms with Crippen molar-refractivity contribution in [1.29, 1.82) is 0 Å². The minimum atomic E-state index is -0.174. The van der Waals surface area contributed by atoms with Crippen molar-refractivity contribution in [1.82, 2.24) is 14.9 Å². The first-order valence-corrected chi connectivity index (χ1v) is 8.77. The number of hydrogen-bond acceptors (Lipinski definition) is 5. The maximum Gasteiger partial charge on any atom is 0.274 e. The third-order valence-electron chi connectivity index (χ3n) is 3.93. The molecular weight excluding hydrogens is 340 g/mol. The number of amides is 1. The number of carbonyl (C=O) groups is 1. The van der Waals surface area contributed by atoms with Crippen molar-refractivity contribution in [3.63, 3.8) is 0 Å². The zero-order valence-corrected chi connectivity index (χ0v) is 15.4. The second kappa shape index (κ2) is 8.80. The summed E-state index contributed by atoms with van der Waals surface area (Å²) in [6.07, 6.45) is 3.03. The van der Waals surface area contributed by atoms with Crippen LogP contribution in [0.15, 0.2) is 67.0 Å². The molecule has 1 N–H and O–H groups in total. The molecule has 0 fully saturated rings. The number of hydrogen-bond donors (Lipinski definition) is 1. The quantitative estimate of drug-likeness (QED) is 0.691. The van der Waals surface area contributed by atoms with Gasteiger partial charge >= 0.3 is 0 Å². The smallest absolute Gasteiger partial charge is 0.274 e. The van der Waals surface area contributed by atoms with Crippen LogP contribution >= 0.6 is 0 Å². The number of nitrogens with one attached hydrogen (secondary N) is 1. The summed E-state index contributed by atoms with van der Waals surface area (Å²) in [5.41, 5.74) is 2.16. The second-order valence-electron chi connectivity index (χ2n) is 5.99. The summed E-state index contributed by atoms with van der Waals surface area (Å²) >= 11 is 0. The Labute approximate surface area is 158 Å². The van der Waals surface area contributed by atoms with E-state index in [-0.39, 0.29) is 5.91 Å². The van der Waals surface area contributed by atoms with Gasteiger partial charge in [0.25, 0.3) is 5.91 Å². The van der Waals surface area contributed by atoms with Crippen LogP contribution in [-0.4, -0.2) is 34.4 Å². The van der Waals surface area contributed by atoms with E-state index in [1.165, 1.54) is 6.20 Å². The first kappa shape index (κ1) is 18.4. The summed E-state index contributed by atoms with van der Waals surface area (Å²) < 4.78 is 5.59. The Bertz CT molecular complexity index is 882. The molecule has 0 unspecified atom stereocenters. The molecule has 27 heavy (non-hydrogen) atoms. The van der Waals surface area contributed by atoms with Gasteiger partial charge in [-0.2, -0.15) is 0 Å². The van der Waals surface area contributed by atoms with Gasteiger partial charge in [0.05, 0.1) is 24.7 Å². The molecule has 0 saturated heterocycles. The molecule has 0 aliphatic rings. The number of aromatic nitrogens is 2. The summed E-state index contributed by atoms with van der Waals surface area (Å²) in [5, 5.41) is 3.17. The highest BCUT2D eigenvalue weighted by molar-refractivity contribution is 5.91. The van der Waals surface area contributed by atoms with Gasteiger partial charge in [0.1, 0.15) is 17.3 Å². The van der Waals surface area contributed by atoms with Gasteiger partial charge in [0.2, 0.25) is 0 Å². The number of nitrogens with zero attached hydrogens (tertiary/aromatic N) is 3. The first-order chi connectivity index (χ1) is 13.2. The Morgan fingerprint density at radius 2 is 1.78 bits per heavy atom. The summed E-state index contributed by atoms with van der Waals surface area (Å²) in [6.45, 7) is 3.03. The fourth-order valence-electron chi connectivity index (χ4n) is 2.62. The van der Waals surface area contributed by atoms with Crippen LogP contribution in [0.2, 0.25) is 0 Å². The predicted octanol–water partition coefficient (Wildman–Crippen LogP) is 3.89. The Balaban J connectivity index is 1.67. The van der Waals surface area contributed by atoms with Crippen LogP contribution in [0.1, 0.15) is 23.0 Å². The SMILES string of the molecule is CCOc1ccccc1Nc1cnc(C(=O)N(C)Cc2ccccc2)cn1. The molecule has 6 heteroatoms. The second-order valence-corrected chi connectivity index (χ2v) is 5.99. The normalized spacial score (nSPS) is 10.3. The van der Waals surface area contributed by atoms with Crippen LogP contribution in [0, 0.1) is 0 Å². The lowest BCUT2D eigenvalue weighted by molar-refractivity contribution is 0.0779. The van der Waals surface area contributed by atoms with Crippen molar-refractivity contribution >= 4 is 17.4 Å². The van der Waals surface area contributed by atoms with Gasteiger partial charge in [-0.05, 0) is 24.6 Å². The molecular formula is C21H22N4O2. The molecule has 1 aromatic heterocycles. The molecule has 2 aromatic carbocycles. The molecule has 3 rings (SSSR count). The monoisotopic (exact) mass is 362 g/mol. The molecule has 3 aromatic rings. The highest BCUT2D eigenvalue weighted by atomic mass is 16.5. The van der Waals surface area contributed by atoms with E-state index in [1.807, 2.05) is 61.5 Å². The number of anilines is 2. The third-order valence-corrected chi connectivity index (χ3v) is 3.93. The van der Waals surface area contributed by atoms with E-state index in [2.05, 4.69) is 15.3 Å². The fourth-order valence-corrected chi connectivity index (χ4v) is 2.62. The number of benzene rings is 2. The van der Waals surface area contributed by atoms with Gasteiger partial charge in [-0.1, -0.05) is 42.5 Å². The van der Waals surface area contributed by atoms with Gasteiger partial charge in [0, 0.05) is 13.6 Å². The van der Waals surface area contributed by atoms with Crippen LogP contribution in [0.4, 0.5) is 11.5 Å². The van der Waals surface area contributed by atoms with Crippen molar-refractivity contribution in [2.24, 2.45) is 0 Å². The van der Waals surface area contributed by atoms with E-state index in [9.17, 15) is 4.79 Å². The van der Waals surface area contributed by atoms with Gasteiger partial charge in [-0.25, -0.2) is 9.97 Å². The lowest BCUT2D eigenvalue weighted by atomic mass is 10.2. The van der Waals surface area contributed by atoms with Gasteiger partial charge in [-0.15, -0.1) is 0 Å². The van der Waals surface area contributed by atoms with Gasteiger partial charge in [-0.3, -0.25) is 4.79 Å². The molecule has 1 heterocycles. The van der Waals surface area contributed by atoms with E-state index in [0.717, 1.165) is 17.0 Å². The van der Waals surface area contributed by atoms with Crippen molar-refractivity contribution in [2.45, 2.75) is 13.5 Å². The Kier molecular flexibility index (Phi) is 5.99. The highest BCUT2D eigenvalue weighted by Crippen LogP contribution is 2.26. The average molecular weight is 362 g/mol. The van der Waals surface area contributed by atoms with Crippen LogP contribution in [0.5, 0.6) is 5.75 Å². The average Bonchev–Trinajstić information content (AvgIpc) is 2.70. The zero-order chi connectivity index (χ0) is 19.1. The number of carbonyl (C=O) groups excluding carboxylic acids is 1. The van der Waals surface area contributed by atoms with E-state index >= 15 is 0 Å². The number of para-hydroxylation sites is 2. The highest BCUT2D eigenvalue weighted by Gasteiger charge is 2.14. The zero-order valence-electron chi connectivity index (χ0n) is 15.4. The van der Waals surface area contributed by atoms with E-state index in [0.29, 0.717) is 24.7 Å². The fraction of sp³-hybridized carbons (Fsp3) is 0.190. The Hall–Kier alpha value is -3.41. The standard InChI is InChI=1S/C21H22N4O2/c1-3-27-19-12-8-7-11-17(19)24-20-14-22-18(13-23-20)21(26)25(2)15-16-9-5-4-6-10-16/h4-14H,3,15H2,1-2H3,(H,23,24). The van der Waals surface area contributed by atoms with E-state index in [4.69, 9.17) is 4.74 Å². The number of ether oxygens (including phenoxy) is 1. The minimum absolute atomic E-state index is 0.174. The molecule has 1 amide bonds. The van der Waals surface area contributed by atoms with Crippen molar-refractivity contribution in [2.75, 3.05) is 19.0 Å². The lowest BCUT2D eigenvalue weighted by Gasteiger charge is -2.17. The molecule has 138 valence electrons. The molecule has 0 atom stereocenters. The van der Waals surface area contributed by atoms with Crippen molar-refractivity contribution in [3.05, 3.63) is 78.2 Å². The van der Waals surface area contributed by atoms with E-state index < -0.39 is 0 Å². The topological polar surface area (TPSA) is 67.3 Å². The third kappa shape index (κ3) is 4.82. The molecule has 0 radical (unpaired) electrons. The predicted molar refractivity (Wildman–Crippen MR) is 105 cm³/mol. The number of rotatable bonds is 7. The lowest BCUT2D eigenvalue weighted by Crippen LogP contribution is -2.27. The molecule has 0 spiro atoms. The van der Waals surface area contributed by atoms with Crippen LogP contribution in [0.25, 0.3) is 0 Å². The summed E-state index contributed by atoms with van der Waals surface area (Å²) in [6, 6.07) is 17.4. The minimum Gasteiger partial charge on any atom is -0.492 e. The molecule has 0 aliphatic heterocycles. The van der Waals surface area contributed by atoms with Crippen LogP contribution in [-0.2, 0) is 6.54 Å². The summed E-state index contributed by atoms with van der Waals surface area (Å²) in [5.74, 6) is 1.11. The maximum absolute atomic E-state index is 12.5. The Morgan fingerprint density at radius 3 is 2.48 bits per heavy atom. The molecule has 0 aliphatic carbocycles. The first-order valence-electron chi connectivity index (χ1n) is 8.77.